The minimum Gasteiger partial charge on any atom is -0.505 e. The summed E-state index contributed by atoms with van der Waals surface area (Å²) in [6.45, 7) is 0. The highest BCUT2D eigenvalue weighted by molar-refractivity contribution is 6.68. The number of hydrogen-bond acceptors (Lipinski definition) is 3. The molecule has 0 spiro atoms. The Kier molecular flexibility index (Phi) is 17.8. The molecule has 0 saturated heterocycles. The average Bonchev–Trinajstić information content (AvgIpc) is 3.03. The third kappa shape index (κ3) is 11.1. The van der Waals surface area contributed by atoms with Crippen LogP contribution in [0, 0.1) is 0 Å². The van der Waals surface area contributed by atoms with Crippen LogP contribution >= 0.6 is 162 Å². The molecule has 1 N–H and O–H groups in total. The van der Waals surface area contributed by atoms with Gasteiger partial charge in [-0.2, -0.15) is 0 Å². The van der Waals surface area contributed by atoms with Gasteiger partial charge >= 0.3 is 0 Å². The molecule has 3 aromatic rings. The molecule has 250 valence electrons. The van der Waals surface area contributed by atoms with E-state index in [0.717, 1.165) is 22.6 Å². The number of ether oxygens (including phenoxy) is 2. The van der Waals surface area contributed by atoms with Gasteiger partial charge in [-0.1, -0.05) is 117 Å². The Morgan fingerprint density at radius 2 is 0.756 bits per heavy atom. The molecule has 0 radical (unpaired) electrons. The van der Waals surface area contributed by atoms with Crippen molar-refractivity contribution >= 4 is 162 Å². The van der Waals surface area contributed by atoms with Crippen LogP contribution in [-0.4, -0.2) is 55.4 Å². The zero-order valence-electron chi connectivity index (χ0n) is 22.7. The van der Waals surface area contributed by atoms with Crippen LogP contribution in [0.3, 0.4) is 0 Å². The fraction of sp³-hybridized carbons (Fsp3) is 0.357. The molecule has 1 aliphatic carbocycles. The second-order valence-electron chi connectivity index (χ2n) is 9.11. The molecule has 3 nitrogen and oxygen atoms in total. The first-order valence-electron chi connectivity index (χ1n) is 12.3. The minimum atomic E-state index is -1.46. The Morgan fingerprint density at radius 1 is 0.511 bits per heavy atom. The van der Waals surface area contributed by atoms with Gasteiger partial charge in [0, 0.05) is 0 Å². The first-order chi connectivity index (χ1) is 20.9. The van der Waals surface area contributed by atoms with E-state index in [9.17, 15) is 5.11 Å². The monoisotopic (exact) mass is 896 g/mol. The number of aromatic hydroxyl groups is 1. The fourth-order valence-corrected chi connectivity index (χ4v) is 8.02. The van der Waals surface area contributed by atoms with E-state index in [4.69, 9.17) is 172 Å². The van der Waals surface area contributed by atoms with Gasteiger partial charge in [-0.25, -0.2) is 0 Å². The summed E-state index contributed by atoms with van der Waals surface area (Å²) in [6.07, 6.45) is 0. The number of hydrogen-bond donors (Lipinski definition) is 1. The minimum absolute atomic E-state index is 0.00904. The van der Waals surface area contributed by atoms with E-state index < -0.39 is 36.1 Å². The molecular formula is C28H22Cl14O3. The van der Waals surface area contributed by atoms with Gasteiger partial charge in [0.1, 0.15) is 21.5 Å². The lowest BCUT2D eigenvalue weighted by atomic mass is 9.92. The van der Waals surface area contributed by atoms with Gasteiger partial charge in [-0.05, 0) is 35.4 Å². The van der Waals surface area contributed by atoms with Crippen LogP contribution in [0.25, 0.3) is 0 Å². The van der Waals surface area contributed by atoms with Gasteiger partial charge in [0.15, 0.2) is 5.75 Å². The van der Waals surface area contributed by atoms with Gasteiger partial charge in [-0.15, -0.1) is 69.6 Å². The van der Waals surface area contributed by atoms with E-state index in [0.29, 0.717) is 0 Å². The van der Waals surface area contributed by atoms with Crippen LogP contribution in [0.2, 0.25) is 25.1 Å². The van der Waals surface area contributed by atoms with Gasteiger partial charge in [-0.3, -0.25) is 0 Å². The third-order valence-electron chi connectivity index (χ3n) is 6.24. The van der Waals surface area contributed by atoms with E-state index >= 15 is 0 Å². The van der Waals surface area contributed by atoms with E-state index in [-0.39, 0.29) is 36.8 Å². The summed E-state index contributed by atoms with van der Waals surface area (Å²) in [7, 11) is 3.23. The van der Waals surface area contributed by atoms with Gasteiger partial charge in [0.25, 0.3) is 0 Å². The van der Waals surface area contributed by atoms with Crippen molar-refractivity contribution in [2.24, 2.45) is 0 Å². The van der Waals surface area contributed by atoms with Crippen LogP contribution in [0.15, 0.2) is 48.5 Å². The predicted molar refractivity (Wildman–Crippen MR) is 199 cm³/mol. The van der Waals surface area contributed by atoms with Crippen LogP contribution < -0.4 is 9.47 Å². The molecule has 17 heteroatoms. The second kappa shape index (κ2) is 18.9. The molecule has 0 heterocycles. The molecule has 4 rings (SSSR count). The van der Waals surface area contributed by atoms with Crippen molar-refractivity contribution in [1.29, 1.82) is 0 Å². The summed E-state index contributed by atoms with van der Waals surface area (Å²) in [6, 6.07) is 15.0. The molecule has 0 amide bonds. The normalized spacial score (nSPS) is 23.0. The highest BCUT2D eigenvalue weighted by Crippen LogP contribution is 2.48. The average molecular weight is 903 g/mol. The van der Waals surface area contributed by atoms with E-state index in [1.807, 2.05) is 48.5 Å². The molecule has 45 heavy (non-hydrogen) atoms. The van der Waals surface area contributed by atoms with Crippen LogP contribution in [0.5, 0.6) is 17.2 Å². The lowest BCUT2D eigenvalue weighted by Crippen LogP contribution is -2.52. The smallest absolute Gasteiger partial charge is 0.201 e. The maximum absolute atomic E-state index is 9.20. The zero-order chi connectivity index (χ0) is 34.4. The first-order valence-corrected chi connectivity index (χ1v) is 17.9. The van der Waals surface area contributed by atoms with E-state index in [1.54, 1.807) is 14.2 Å². The van der Waals surface area contributed by atoms with Crippen molar-refractivity contribution in [2.45, 2.75) is 42.0 Å². The maximum Gasteiger partial charge on any atom is 0.201 e. The molecule has 1 aliphatic rings. The Bertz CT molecular complexity index is 1170. The number of alkyl halides is 9. The summed E-state index contributed by atoms with van der Waals surface area (Å²) >= 11 is 81.7. The van der Waals surface area contributed by atoms with Crippen molar-refractivity contribution < 1.29 is 14.6 Å². The largest absolute Gasteiger partial charge is 0.505 e. The van der Waals surface area contributed by atoms with Crippen molar-refractivity contribution in [3.63, 3.8) is 0 Å². The quantitative estimate of drug-likeness (QED) is 0.161. The molecule has 0 atom stereocenters. The molecular weight excluding hydrogens is 881 g/mol. The molecule has 1 fully saturated rings. The maximum atomic E-state index is 9.20. The topological polar surface area (TPSA) is 38.7 Å². The summed E-state index contributed by atoms with van der Waals surface area (Å²) < 4.78 is 8.85. The number of phenolic OH excluding ortho intramolecular Hbond substituents is 1. The van der Waals surface area contributed by atoms with Gasteiger partial charge in [0.05, 0.1) is 67.5 Å². The predicted octanol–water partition coefficient (Wildman–Crippen LogP) is 13.5. The molecule has 3 aromatic carbocycles. The number of halogens is 14. The Balaban J connectivity index is 0.000000252. The summed E-state index contributed by atoms with van der Waals surface area (Å²) in [5, 5.41) is 6.39. The van der Waals surface area contributed by atoms with Gasteiger partial charge < -0.3 is 14.6 Å². The van der Waals surface area contributed by atoms with Gasteiger partial charge in [0.2, 0.25) is 3.79 Å². The Hall–Kier alpha value is 1.12. The highest BCUT2D eigenvalue weighted by Gasteiger charge is 2.47. The zero-order valence-corrected chi connectivity index (χ0v) is 33.3. The molecule has 0 bridgehead atoms. The first kappa shape index (κ1) is 42.3. The van der Waals surface area contributed by atoms with Crippen LogP contribution in [0.1, 0.15) is 17.0 Å². The van der Waals surface area contributed by atoms with Crippen molar-refractivity contribution in [3.05, 3.63) is 84.8 Å². The second-order valence-corrected chi connectivity index (χ2v) is 16.4. The number of phenols is 1. The Morgan fingerprint density at radius 3 is 0.978 bits per heavy atom. The standard InChI is InChI=1S/C16H15Cl3O2.C6H6Cl6.C6HCl5O/c1-20-13-7-3-11(4-8-13)15(16(17,18)19)12-5-9-14(21-2)10-6-12;2*7-1-2(8)4(10)6(12)5(11)3(1)9/h3-10,15H,1-2H3;1-6H;12H/t;1-,2-,3-,4+,5+,6+;. The van der Waals surface area contributed by atoms with Crippen molar-refractivity contribution in [1.82, 2.24) is 0 Å². The molecule has 0 unspecified atom stereocenters. The number of rotatable bonds is 4. The van der Waals surface area contributed by atoms with Crippen molar-refractivity contribution in [2.75, 3.05) is 14.2 Å². The van der Waals surface area contributed by atoms with Crippen LogP contribution in [0.4, 0.5) is 0 Å². The summed E-state index contributed by atoms with van der Waals surface area (Å²) in [5.74, 6) is 0.783. The molecule has 1 saturated carbocycles. The number of benzene rings is 3. The lowest BCUT2D eigenvalue weighted by Gasteiger charge is -2.37. The third-order valence-corrected chi connectivity index (χ3v) is 13.2. The van der Waals surface area contributed by atoms with E-state index in [2.05, 4.69) is 0 Å². The molecule has 0 aliphatic heterocycles. The SMILES string of the molecule is COc1ccc(C(c2ccc(OC)cc2)C(Cl)(Cl)Cl)cc1.Cl[C@H]1[C@H](Cl)[C@@H](Cl)[C@@H](Cl)[C@H](Cl)[C@H]1Cl.Oc1c(Cl)c(Cl)c(Cl)c(Cl)c1Cl. The summed E-state index contributed by atoms with van der Waals surface area (Å²) in [4.78, 5) is 0. The lowest BCUT2D eigenvalue weighted by molar-refractivity contribution is 0.414. The molecule has 0 aromatic heterocycles. The Labute approximate surface area is 331 Å². The highest BCUT2D eigenvalue weighted by atomic mass is 35.6. The fourth-order valence-electron chi connectivity index (χ4n) is 3.81. The van der Waals surface area contributed by atoms with Crippen molar-refractivity contribution in [3.8, 4) is 17.2 Å². The summed E-state index contributed by atoms with van der Waals surface area (Å²) in [5.41, 5.74) is 1.81. The van der Waals surface area contributed by atoms with E-state index in [1.165, 1.54) is 0 Å². The number of methoxy groups -OCH3 is 2. The van der Waals surface area contributed by atoms with Crippen LogP contribution in [-0.2, 0) is 0 Å².